The molecular formula is C15H18O4. The first-order chi connectivity index (χ1) is 9.08. The molecule has 0 unspecified atom stereocenters. The van der Waals surface area contributed by atoms with Gasteiger partial charge in [0.25, 0.3) is 0 Å². The van der Waals surface area contributed by atoms with Crippen molar-refractivity contribution in [2.75, 3.05) is 13.2 Å². The van der Waals surface area contributed by atoms with Gasteiger partial charge in [-0.25, -0.2) is 4.79 Å². The summed E-state index contributed by atoms with van der Waals surface area (Å²) in [6.45, 7) is 7.52. The molecule has 1 aromatic rings. The van der Waals surface area contributed by atoms with Crippen LogP contribution in [0.15, 0.2) is 36.4 Å². The van der Waals surface area contributed by atoms with Crippen LogP contribution in [-0.4, -0.2) is 25.0 Å². The first-order valence-electron chi connectivity index (χ1n) is 6.19. The SMILES string of the molecule is C=C(COc1ccc(C(=O)CC)cc1)C(=O)OCC. The highest BCUT2D eigenvalue weighted by Gasteiger charge is 2.08. The molecule has 4 nitrogen and oxygen atoms in total. The van der Waals surface area contributed by atoms with Crippen LogP contribution in [0.3, 0.4) is 0 Å². The Bertz CT molecular complexity index is 460. The Morgan fingerprint density at radius 3 is 2.32 bits per heavy atom. The smallest absolute Gasteiger partial charge is 0.336 e. The molecule has 1 rings (SSSR count). The molecule has 4 heteroatoms. The molecule has 0 atom stereocenters. The summed E-state index contributed by atoms with van der Waals surface area (Å²) >= 11 is 0. The molecule has 19 heavy (non-hydrogen) atoms. The Morgan fingerprint density at radius 2 is 1.79 bits per heavy atom. The molecule has 0 aliphatic heterocycles. The first kappa shape index (κ1) is 15.0. The maximum atomic E-state index is 11.4. The maximum absolute atomic E-state index is 11.4. The molecule has 0 radical (unpaired) electrons. The summed E-state index contributed by atoms with van der Waals surface area (Å²) in [4.78, 5) is 22.7. The van der Waals surface area contributed by atoms with Crippen LogP contribution in [-0.2, 0) is 9.53 Å². The van der Waals surface area contributed by atoms with Crippen molar-refractivity contribution in [1.29, 1.82) is 0 Å². The molecule has 0 aliphatic carbocycles. The van der Waals surface area contributed by atoms with Gasteiger partial charge in [0.1, 0.15) is 12.4 Å². The van der Waals surface area contributed by atoms with Crippen LogP contribution >= 0.6 is 0 Å². The fourth-order valence-electron chi connectivity index (χ4n) is 1.40. The van der Waals surface area contributed by atoms with E-state index >= 15 is 0 Å². The minimum absolute atomic E-state index is 0.0693. The quantitative estimate of drug-likeness (QED) is 0.431. The lowest BCUT2D eigenvalue weighted by Gasteiger charge is -2.08. The van der Waals surface area contributed by atoms with E-state index in [2.05, 4.69) is 6.58 Å². The van der Waals surface area contributed by atoms with Gasteiger partial charge in [-0.15, -0.1) is 0 Å². The zero-order chi connectivity index (χ0) is 14.3. The van der Waals surface area contributed by atoms with Crippen molar-refractivity contribution in [3.63, 3.8) is 0 Å². The average Bonchev–Trinajstić information content (AvgIpc) is 2.44. The largest absolute Gasteiger partial charge is 0.489 e. The van der Waals surface area contributed by atoms with Crippen LogP contribution in [0.25, 0.3) is 0 Å². The number of esters is 1. The molecule has 0 aliphatic rings. The van der Waals surface area contributed by atoms with E-state index in [9.17, 15) is 9.59 Å². The van der Waals surface area contributed by atoms with Crippen molar-refractivity contribution in [2.45, 2.75) is 20.3 Å². The van der Waals surface area contributed by atoms with Gasteiger partial charge in [0.05, 0.1) is 12.2 Å². The monoisotopic (exact) mass is 262 g/mol. The summed E-state index contributed by atoms with van der Waals surface area (Å²) in [5.41, 5.74) is 0.912. The van der Waals surface area contributed by atoms with Crippen LogP contribution < -0.4 is 4.74 Å². The fourth-order valence-corrected chi connectivity index (χ4v) is 1.40. The number of carbonyl (C=O) groups excluding carboxylic acids is 2. The second kappa shape index (κ2) is 7.36. The van der Waals surface area contributed by atoms with Crippen LogP contribution in [0, 0.1) is 0 Å². The second-order valence-electron chi connectivity index (χ2n) is 3.91. The topological polar surface area (TPSA) is 52.6 Å². The lowest BCUT2D eigenvalue weighted by atomic mass is 10.1. The first-order valence-corrected chi connectivity index (χ1v) is 6.19. The Morgan fingerprint density at radius 1 is 1.16 bits per heavy atom. The summed E-state index contributed by atoms with van der Waals surface area (Å²) in [5.74, 6) is 0.209. The van der Waals surface area contributed by atoms with Crippen LogP contribution in [0.1, 0.15) is 30.6 Å². The predicted octanol–water partition coefficient (Wildman–Crippen LogP) is 2.78. The van der Waals surface area contributed by atoms with Crippen molar-refractivity contribution >= 4 is 11.8 Å². The average molecular weight is 262 g/mol. The molecular weight excluding hydrogens is 244 g/mol. The van der Waals surface area contributed by atoms with Gasteiger partial charge in [0.2, 0.25) is 0 Å². The van der Waals surface area contributed by atoms with E-state index < -0.39 is 5.97 Å². The van der Waals surface area contributed by atoms with E-state index in [0.29, 0.717) is 24.3 Å². The van der Waals surface area contributed by atoms with Gasteiger partial charge in [-0.2, -0.15) is 0 Å². The van der Waals surface area contributed by atoms with E-state index in [0.717, 1.165) is 0 Å². The summed E-state index contributed by atoms with van der Waals surface area (Å²) < 4.78 is 10.2. The molecule has 1 aromatic carbocycles. The fraction of sp³-hybridized carbons (Fsp3) is 0.333. The highest BCUT2D eigenvalue weighted by Crippen LogP contribution is 2.14. The Kier molecular flexibility index (Phi) is 5.79. The van der Waals surface area contributed by atoms with Gasteiger partial charge < -0.3 is 9.47 Å². The molecule has 102 valence electrons. The van der Waals surface area contributed by atoms with Crippen molar-refractivity contribution in [3.05, 3.63) is 42.0 Å². The molecule has 0 fully saturated rings. The van der Waals surface area contributed by atoms with Crippen molar-refractivity contribution < 1.29 is 19.1 Å². The number of hydrogen-bond acceptors (Lipinski definition) is 4. The number of ether oxygens (including phenoxy) is 2. The van der Waals surface area contributed by atoms with Crippen molar-refractivity contribution in [2.24, 2.45) is 0 Å². The Balaban J connectivity index is 2.52. The second-order valence-corrected chi connectivity index (χ2v) is 3.91. The minimum Gasteiger partial charge on any atom is -0.489 e. The summed E-state index contributed by atoms with van der Waals surface area (Å²) in [6, 6.07) is 6.80. The van der Waals surface area contributed by atoms with Gasteiger partial charge in [-0.3, -0.25) is 4.79 Å². The third-order valence-electron chi connectivity index (χ3n) is 2.47. The maximum Gasteiger partial charge on any atom is 0.336 e. The van der Waals surface area contributed by atoms with E-state index in [1.165, 1.54) is 0 Å². The number of hydrogen-bond donors (Lipinski definition) is 0. The van der Waals surface area contributed by atoms with Crippen LogP contribution in [0.4, 0.5) is 0 Å². The molecule has 0 amide bonds. The molecule has 0 saturated heterocycles. The number of benzene rings is 1. The predicted molar refractivity (Wildman–Crippen MR) is 72.3 cm³/mol. The van der Waals surface area contributed by atoms with E-state index in [1.54, 1.807) is 31.2 Å². The molecule has 0 spiro atoms. The van der Waals surface area contributed by atoms with E-state index in [-0.39, 0.29) is 18.0 Å². The van der Waals surface area contributed by atoms with E-state index in [1.807, 2.05) is 6.92 Å². The molecule has 0 heterocycles. The number of ketones is 1. The number of rotatable bonds is 7. The van der Waals surface area contributed by atoms with Gasteiger partial charge in [0.15, 0.2) is 5.78 Å². The van der Waals surface area contributed by atoms with Crippen LogP contribution in [0.2, 0.25) is 0 Å². The Hall–Kier alpha value is -2.10. The standard InChI is InChI=1S/C15H18O4/c1-4-14(16)12-6-8-13(9-7-12)19-10-11(3)15(17)18-5-2/h6-9H,3-5,10H2,1-2H3. The molecule has 0 bridgehead atoms. The van der Waals surface area contributed by atoms with Crippen molar-refractivity contribution in [3.8, 4) is 5.75 Å². The summed E-state index contributed by atoms with van der Waals surface area (Å²) in [6.07, 6.45) is 0.472. The molecule has 0 saturated carbocycles. The summed E-state index contributed by atoms with van der Waals surface area (Å²) in [5, 5.41) is 0. The van der Waals surface area contributed by atoms with Crippen molar-refractivity contribution in [1.82, 2.24) is 0 Å². The zero-order valence-corrected chi connectivity index (χ0v) is 11.3. The molecule has 0 aromatic heterocycles. The molecule has 0 N–H and O–H groups in total. The normalized spacial score (nSPS) is 9.79. The number of carbonyl (C=O) groups is 2. The summed E-state index contributed by atoms with van der Waals surface area (Å²) in [7, 11) is 0. The van der Waals surface area contributed by atoms with Gasteiger partial charge in [0, 0.05) is 12.0 Å². The van der Waals surface area contributed by atoms with Gasteiger partial charge in [-0.1, -0.05) is 13.5 Å². The third kappa shape index (κ3) is 4.58. The highest BCUT2D eigenvalue weighted by atomic mass is 16.5. The lowest BCUT2D eigenvalue weighted by Crippen LogP contribution is -2.13. The van der Waals surface area contributed by atoms with Crippen LogP contribution in [0.5, 0.6) is 5.75 Å². The lowest BCUT2D eigenvalue weighted by molar-refractivity contribution is -0.138. The van der Waals surface area contributed by atoms with Gasteiger partial charge >= 0.3 is 5.97 Å². The minimum atomic E-state index is -0.458. The Labute approximate surface area is 113 Å². The van der Waals surface area contributed by atoms with Gasteiger partial charge in [-0.05, 0) is 31.2 Å². The zero-order valence-electron chi connectivity index (χ0n) is 11.3. The number of Topliss-reactive ketones (excluding diaryl/α,β-unsaturated/α-hetero) is 1. The third-order valence-corrected chi connectivity index (χ3v) is 2.47. The van der Waals surface area contributed by atoms with E-state index in [4.69, 9.17) is 9.47 Å². The highest BCUT2D eigenvalue weighted by molar-refractivity contribution is 5.95.